The lowest BCUT2D eigenvalue weighted by Crippen LogP contribution is -2.47. The molecule has 0 saturated carbocycles. The highest BCUT2D eigenvalue weighted by atomic mass is 35.5. The van der Waals surface area contributed by atoms with Crippen LogP contribution in [0.5, 0.6) is 0 Å². The van der Waals surface area contributed by atoms with E-state index in [9.17, 15) is 17.6 Å². The van der Waals surface area contributed by atoms with Crippen molar-refractivity contribution < 1.29 is 17.6 Å². The molecule has 1 unspecified atom stereocenters. The second kappa shape index (κ2) is 9.80. The fourth-order valence-electron chi connectivity index (χ4n) is 3.10. The number of alkyl halides is 3. The van der Waals surface area contributed by atoms with Crippen molar-refractivity contribution in [3.63, 3.8) is 0 Å². The average Bonchev–Trinajstić information content (AvgIpc) is 2.49. The standard InChI is InChI=1S/C16H22F4N2.2ClH/c1-3-11(2)15(22-9-7-21-8-10-22)14-12(16(18,19)20)5-4-6-13(14)17;;/h4-6,11,15,21H,3,7-10H2,1-2H3;2*1H/t11?,15-;;/m0../s1. The molecular formula is C16H24Cl2F4N2. The van der Waals surface area contributed by atoms with Crippen LogP contribution in [0.2, 0.25) is 0 Å². The SMILES string of the molecule is CCC(C)[C@@H](c1c(F)cccc1C(F)(F)F)N1CCNCC1.Cl.Cl. The average molecular weight is 391 g/mol. The monoisotopic (exact) mass is 390 g/mol. The van der Waals surface area contributed by atoms with Gasteiger partial charge in [-0.05, 0) is 18.1 Å². The highest BCUT2D eigenvalue weighted by molar-refractivity contribution is 5.85. The van der Waals surface area contributed by atoms with Crippen LogP contribution in [0.1, 0.15) is 37.4 Å². The molecule has 1 N–H and O–H groups in total. The first-order chi connectivity index (χ1) is 10.4. The summed E-state index contributed by atoms with van der Waals surface area (Å²) in [5.41, 5.74) is -1.05. The van der Waals surface area contributed by atoms with E-state index in [1.54, 1.807) is 0 Å². The maximum atomic E-state index is 14.3. The lowest BCUT2D eigenvalue weighted by atomic mass is 9.87. The zero-order chi connectivity index (χ0) is 16.3. The minimum atomic E-state index is -4.54. The molecule has 1 aromatic carbocycles. The maximum Gasteiger partial charge on any atom is 0.416 e. The Balaban J connectivity index is 0.00000264. The lowest BCUT2D eigenvalue weighted by molar-refractivity contribution is -0.139. The van der Waals surface area contributed by atoms with Crippen molar-refractivity contribution in [2.45, 2.75) is 32.5 Å². The molecule has 2 atom stereocenters. The molecule has 0 amide bonds. The zero-order valence-electron chi connectivity index (χ0n) is 13.7. The molecule has 0 bridgehead atoms. The predicted octanol–water partition coefficient (Wildman–Crippen LogP) is 4.68. The van der Waals surface area contributed by atoms with Crippen LogP contribution in [0.25, 0.3) is 0 Å². The van der Waals surface area contributed by atoms with E-state index >= 15 is 0 Å². The molecule has 2 rings (SSSR count). The molecule has 2 nitrogen and oxygen atoms in total. The first-order valence-corrected chi connectivity index (χ1v) is 7.66. The Morgan fingerprint density at radius 3 is 2.25 bits per heavy atom. The summed E-state index contributed by atoms with van der Waals surface area (Å²) in [6.07, 6.45) is -3.85. The summed E-state index contributed by atoms with van der Waals surface area (Å²) in [5, 5.41) is 3.18. The van der Waals surface area contributed by atoms with E-state index in [0.29, 0.717) is 32.6 Å². The predicted molar refractivity (Wildman–Crippen MR) is 92.5 cm³/mol. The summed E-state index contributed by atoms with van der Waals surface area (Å²) in [6.45, 7) is 6.49. The highest BCUT2D eigenvalue weighted by Gasteiger charge is 2.39. The van der Waals surface area contributed by atoms with Crippen LogP contribution >= 0.6 is 24.8 Å². The van der Waals surface area contributed by atoms with E-state index in [1.807, 2.05) is 18.7 Å². The highest BCUT2D eigenvalue weighted by Crippen LogP contribution is 2.41. The third kappa shape index (κ3) is 5.22. The van der Waals surface area contributed by atoms with Gasteiger partial charge in [0.1, 0.15) is 5.82 Å². The van der Waals surface area contributed by atoms with Crippen molar-refractivity contribution in [3.05, 3.63) is 35.1 Å². The van der Waals surface area contributed by atoms with Crippen LogP contribution in [0.3, 0.4) is 0 Å². The van der Waals surface area contributed by atoms with Gasteiger partial charge in [-0.2, -0.15) is 13.2 Å². The van der Waals surface area contributed by atoms with E-state index < -0.39 is 23.6 Å². The molecule has 1 aromatic rings. The van der Waals surface area contributed by atoms with Crippen molar-refractivity contribution in [1.29, 1.82) is 0 Å². The first-order valence-electron chi connectivity index (χ1n) is 7.66. The Hall–Kier alpha value is -0.560. The zero-order valence-corrected chi connectivity index (χ0v) is 15.3. The van der Waals surface area contributed by atoms with Crippen molar-refractivity contribution in [1.82, 2.24) is 10.2 Å². The third-order valence-corrected chi connectivity index (χ3v) is 4.38. The number of halogens is 6. The smallest absolute Gasteiger partial charge is 0.314 e. The summed E-state index contributed by atoms with van der Waals surface area (Å²) >= 11 is 0. The van der Waals surface area contributed by atoms with Gasteiger partial charge in [-0.1, -0.05) is 26.3 Å². The van der Waals surface area contributed by atoms with Gasteiger partial charge in [0.25, 0.3) is 0 Å². The number of hydrogen-bond donors (Lipinski definition) is 1. The Kier molecular flexibility index (Phi) is 9.57. The van der Waals surface area contributed by atoms with Gasteiger partial charge >= 0.3 is 6.18 Å². The van der Waals surface area contributed by atoms with Crippen LogP contribution < -0.4 is 5.32 Å². The van der Waals surface area contributed by atoms with Gasteiger partial charge in [-0.15, -0.1) is 24.8 Å². The van der Waals surface area contributed by atoms with E-state index in [2.05, 4.69) is 5.32 Å². The molecule has 0 spiro atoms. The topological polar surface area (TPSA) is 15.3 Å². The van der Waals surface area contributed by atoms with Crippen molar-refractivity contribution >= 4 is 24.8 Å². The number of piperazine rings is 1. The Morgan fingerprint density at radius 1 is 1.17 bits per heavy atom. The minimum absolute atomic E-state index is 0. The number of benzene rings is 1. The molecule has 0 radical (unpaired) electrons. The Morgan fingerprint density at radius 2 is 1.75 bits per heavy atom. The molecule has 1 aliphatic heterocycles. The molecule has 0 aliphatic carbocycles. The van der Waals surface area contributed by atoms with Gasteiger partial charge in [-0.3, -0.25) is 4.90 Å². The van der Waals surface area contributed by atoms with Crippen LogP contribution in [-0.4, -0.2) is 31.1 Å². The Labute approximate surface area is 152 Å². The second-order valence-corrected chi connectivity index (χ2v) is 5.82. The summed E-state index contributed by atoms with van der Waals surface area (Å²) in [7, 11) is 0. The van der Waals surface area contributed by atoms with Crippen LogP contribution in [-0.2, 0) is 6.18 Å². The maximum absolute atomic E-state index is 14.3. The summed E-state index contributed by atoms with van der Waals surface area (Å²) in [6, 6.07) is 2.69. The van der Waals surface area contributed by atoms with Crippen LogP contribution in [0, 0.1) is 11.7 Å². The number of nitrogens with one attached hydrogen (secondary N) is 1. The Bertz CT molecular complexity index is 505. The largest absolute Gasteiger partial charge is 0.416 e. The van der Waals surface area contributed by atoms with Crippen LogP contribution in [0.4, 0.5) is 17.6 Å². The number of nitrogens with zero attached hydrogens (tertiary/aromatic N) is 1. The van der Waals surface area contributed by atoms with E-state index in [-0.39, 0.29) is 36.3 Å². The van der Waals surface area contributed by atoms with Crippen molar-refractivity contribution in [3.8, 4) is 0 Å². The first kappa shape index (κ1) is 23.4. The van der Waals surface area contributed by atoms with Gasteiger partial charge in [0.15, 0.2) is 0 Å². The minimum Gasteiger partial charge on any atom is -0.314 e. The fraction of sp³-hybridized carbons (Fsp3) is 0.625. The van der Waals surface area contributed by atoms with Gasteiger partial charge < -0.3 is 5.32 Å². The molecule has 1 fully saturated rings. The molecule has 8 heteroatoms. The van der Waals surface area contributed by atoms with E-state index in [1.165, 1.54) is 0 Å². The van der Waals surface area contributed by atoms with Gasteiger partial charge in [0, 0.05) is 37.8 Å². The number of rotatable bonds is 4. The lowest BCUT2D eigenvalue weighted by Gasteiger charge is -2.39. The molecule has 0 aromatic heterocycles. The number of hydrogen-bond acceptors (Lipinski definition) is 2. The van der Waals surface area contributed by atoms with Crippen molar-refractivity contribution in [2.24, 2.45) is 5.92 Å². The van der Waals surface area contributed by atoms with E-state index in [4.69, 9.17) is 0 Å². The van der Waals surface area contributed by atoms with Gasteiger partial charge in [-0.25, -0.2) is 4.39 Å². The second-order valence-electron chi connectivity index (χ2n) is 5.82. The van der Waals surface area contributed by atoms with E-state index in [0.717, 1.165) is 18.2 Å². The normalized spacial score (nSPS) is 18.2. The van der Waals surface area contributed by atoms with Gasteiger partial charge in [0.05, 0.1) is 5.56 Å². The quantitative estimate of drug-likeness (QED) is 0.750. The van der Waals surface area contributed by atoms with Crippen LogP contribution in [0.15, 0.2) is 18.2 Å². The molecule has 24 heavy (non-hydrogen) atoms. The summed E-state index contributed by atoms with van der Waals surface area (Å²) in [5.74, 6) is -0.824. The summed E-state index contributed by atoms with van der Waals surface area (Å²) in [4.78, 5) is 1.97. The molecule has 1 aliphatic rings. The fourth-order valence-corrected chi connectivity index (χ4v) is 3.10. The summed E-state index contributed by atoms with van der Waals surface area (Å²) < 4.78 is 54.3. The third-order valence-electron chi connectivity index (χ3n) is 4.38. The molecule has 1 saturated heterocycles. The van der Waals surface area contributed by atoms with Gasteiger partial charge in [0.2, 0.25) is 0 Å². The molecule has 140 valence electrons. The van der Waals surface area contributed by atoms with Crippen molar-refractivity contribution in [2.75, 3.05) is 26.2 Å². The molecular weight excluding hydrogens is 367 g/mol. The molecule has 1 heterocycles.